The molecular weight excluding hydrogens is 372 g/mol. The van der Waals surface area contributed by atoms with Crippen molar-refractivity contribution >= 4 is 40.1 Å². The zero-order valence-corrected chi connectivity index (χ0v) is 17.0. The molecule has 2 rings (SSSR count). The van der Waals surface area contributed by atoms with E-state index >= 15 is 0 Å². The second-order valence-electron chi connectivity index (χ2n) is 5.89. The van der Waals surface area contributed by atoms with Crippen LogP contribution in [0.2, 0.25) is 0 Å². The van der Waals surface area contributed by atoms with Gasteiger partial charge in [0.1, 0.15) is 16.2 Å². The van der Waals surface area contributed by atoms with Crippen molar-refractivity contribution in [1.29, 1.82) is 0 Å². The van der Waals surface area contributed by atoms with Crippen LogP contribution in [-0.2, 0) is 9.53 Å². The minimum Gasteiger partial charge on any atom is -0.459 e. The van der Waals surface area contributed by atoms with Crippen LogP contribution >= 0.6 is 23.1 Å². The summed E-state index contributed by atoms with van der Waals surface area (Å²) in [5, 5.41) is 3.61. The molecule has 0 spiro atoms. The number of hydrogen-bond acceptors (Lipinski definition) is 8. The molecule has 0 bridgehead atoms. The average molecular weight is 395 g/mol. The molecule has 140 valence electrons. The fourth-order valence-electron chi connectivity index (χ4n) is 2.06. The van der Waals surface area contributed by atoms with Crippen LogP contribution < -0.4 is 5.32 Å². The SMILES string of the molecule is CCC(Sc1cc(C)ncn1)C(=O)Nc1nc(C)c(C(=O)OC(C)C)s1. The van der Waals surface area contributed by atoms with Crippen LogP contribution in [0.1, 0.15) is 48.3 Å². The lowest BCUT2D eigenvalue weighted by molar-refractivity contribution is -0.115. The fraction of sp³-hybridized carbons (Fsp3) is 0.471. The van der Waals surface area contributed by atoms with Gasteiger partial charge in [-0.2, -0.15) is 0 Å². The lowest BCUT2D eigenvalue weighted by Crippen LogP contribution is -2.24. The third kappa shape index (κ3) is 5.50. The number of thioether (sulfide) groups is 1. The van der Waals surface area contributed by atoms with Gasteiger partial charge in [-0.15, -0.1) is 0 Å². The number of esters is 1. The molecule has 0 saturated heterocycles. The van der Waals surface area contributed by atoms with Crippen LogP contribution in [0.15, 0.2) is 17.4 Å². The number of carbonyl (C=O) groups excluding carboxylic acids is 2. The second-order valence-corrected chi connectivity index (χ2v) is 8.11. The number of carbonyl (C=O) groups is 2. The van der Waals surface area contributed by atoms with E-state index in [1.165, 1.54) is 18.1 Å². The van der Waals surface area contributed by atoms with E-state index in [9.17, 15) is 9.59 Å². The Morgan fingerprint density at radius 3 is 2.65 bits per heavy atom. The predicted molar refractivity (Wildman–Crippen MR) is 103 cm³/mol. The van der Waals surface area contributed by atoms with Gasteiger partial charge in [-0.05, 0) is 40.2 Å². The summed E-state index contributed by atoms with van der Waals surface area (Å²) in [6, 6.07) is 1.84. The lowest BCUT2D eigenvalue weighted by atomic mass is 10.3. The van der Waals surface area contributed by atoms with Crippen LogP contribution in [-0.4, -0.2) is 38.2 Å². The molecule has 0 aliphatic carbocycles. The number of ether oxygens (including phenoxy) is 1. The Morgan fingerprint density at radius 2 is 2.04 bits per heavy atom. The maximum Gasteiger partial charge on any atom is 0.350 e. The molecule has 7 nitrogen and oxygen atoms in total. The molecule has 1 N–H and O–H groups in total. The molecule has 2 aromatic rings. The number of aromatic nitrogens is 3. The first-order chi connectivity index (χ1) is 12.3. The molecule has 0 saturated carbocycles. The summed E-state index contributed by atoms with van der Waals surface area (Å²) < 4.78 is 5.19. The van der Waals surface area contributed by atoms with Crippen molar-refractivity contribution in [3.8, 4) is 0 Å². The van der Waals surface area contributed by atoms with E-state index < -0.39 is 5.97 Å². The van der Waals surface area contributed by atoms with Crippen molar-refractivity contribution in [1.82, 2.24) is 15.0 Å². The number of hydrogen-bond donors (Lipinski definition) is 1. The van der Waals surface area contributed by atoms with Crippen molar-refractivity contribution in [2.45, 2.75) is 57.4 Å². The number of amides is 1. The monoisotopic (exact) mass is 394 g/mol. The molecular formula is C17H22N4O3S2. The van der Waals surface area contributed by atoms with Crippen molar-refractivity contribution < 1.29 is 14.3 Å². The zero-order chi connectivity index (χ0) is 19.3. The highest BCUT2D eigenvalue weighted by Crippen LogP contribution is 2.27. The van der Waals surface area contributed by atoms with Crippen LogP contribution in [0.4, 0.5) is 5.13 Å². The smallest absolute Gasteiger partial charge is 0.350 e. The van der Waals surface area contributed by atoms with Crippen LogP contribution in [0.25, 0.3) is 0 Å². The summed E-state index contributed by atoms with van der Waals surface area (Å²) in [5.41, 5.74) is 1.39. The average Bonchev–Trinajstić information content (AvgIpc) is 2.92. The Labute approximate surface area is 161 Å². The van der Waals surface area contributed by atoms with Gasteiger partial charge in [-0.3, -0.25) is 4.79 Å². The summed E-state index contributed by atoms with van der Waals surface area (Å²) in [6.45, 7) is 9.11. The summed E-state index contributed by atoms with van der Waals surface area (Å²) in [5.74, 6) is -0.598. The Morgan fingerprint density at radius 1 is 1.31 bits per heavy atom. The van der Waals surface area contributed by atoms with Gasteiger partial charge in [0, 0.05) is 5.69 Å². The van der Waals surface area contributed by atoms with Crippen LogP contribution in [0.5, 0.6) is 0 Å². The first-order valence-corrected chi connectivity index (χ1v) is 9.94. The fourth-order valence-corrected chi connectivity index (χ4v) is 3.88. The van der Waals surface area contributed by atoms with E-state index in [4.69, 9.17) is 4.74 Å². The first kappa shape index (κ1) is 20.3. The molecule has 0 radical (unpaired) electrons. The van der Waals surface area contributed by atoms with Crippen molar-refractivity contribution in [3.63, 3.8) is 0 Å². The van der Waals surface area contributed by atoms with Gasteiger partial charge in [0.25, 0.3) is 0 Å². The first-order valence-electron chi connectivity index (χ1n) is 8.24. The molecule has 0 aliphatic rings. The van der Waals surface area contributed by atoms with Gasteiger partial charge in [0.05, 0.1) is 17.0 Å². The van der Waals surface area contributed by atoms with Crippen molar-refractivity contribution in [3.05, 3.63) is 28.7 Å². The predicted octanol–water partition coefficient (Wildman–Crippen LogP) is 3.62. The van der Waals surface area contributed by atoms with Gasteiger partial charge in [-0.1, -0.05) is 30.0 Å². The number of aryl methyl sites for hydroxylation is 2. The lowest BCUT2D eigenvalue weighted by Gasteiger charge is -2.12. The van der Waals surface area contributed by atoms with Crippen molar-refractivity contribution in [2.75, 3.05) is 5.32 Å². The standard InChI is InChI=1S/C17H22N4O3S2/c1-6-12(25-13-7-10(4)18-8-19-13)15(22)21-17-20-11(5)14(26-17)16(23)24-9(2)3/h7-9,12H,6H2,1-5H3,(H,20,21,22). The highest BCUT2D eigenvalue weighted by atomic mass is 32.2. The molecule has 0 aliphatic heterocycles. The summed E-state index contributed by atoms with van der Waals surface area (Å²) in [4.78, 5) is 37.5. The van der Waals surface area contributed by atoms with E-state index in [1.54, 1.807) is 20.8 Å². The van der Waals surface area contributed by atoms with Gasteiger partial charge in [0.15, 0.2) is 5.13 Å². The van der Waals surface area contributed by atoms with E-state index in [0.29, 0.717) is 22.1 Å². The summed E-state index contributed by atoms with van der Waals surface area (Å²) in [7, 11) is 0. The van der Waals surface area contributed by atoms with E-state index in [1.807, 2.05) is 19.9 Å². The number of nitrogens with zero attached hydrogens (tertiary/aromatic N) is 3. The van der Waals surface area contributed by atoms with E-state index in [0.717, 1.165) is 22.1 Å². The normalized spacial score (nSPS) is 12.1. The largest absolute Gasteiger partial charge is 0.459 e. The van der Waals surface area contributed by atoms with Crippen LogP contribution in [0.3, 0.4) is 0 Å². The Hall–Kier alpha value is -2.00. The van der Waals surface area contributed by atoms with Gasteiger partial charge < -0.3 is 10.1 Å². The highest BCUT2D eigenvalue weighted by Gasteiger charge is 2.23. The Bertz CT molecular complexity index is 792. The van der Waals surface area contributed by atoms with Crippen LogP contribution in [0, 0.1) is 13.8 Å². The minimum atomic E-state index is -0.423. The van der Waals surface area contributed by atoms with E-state index in [2.05, 4.69) is 20.3 Å². The molecule has 1 atom stereocenters. The molecule has 2 heterocycles. The van der Waals surface area contributed by atoms with Gasteiger partial charge >= 0.3 is 5.97 Å². The molecule has 26 heavy (non-hydrogen) atoms. The van der Waals surface area contributed by atoms with Gasteiger partial charge in [-0.25, -0.2) is 19.7 Å². The van der Waals surface area contributed by atoms with Crippen molar-refractivity contribution in [2.24, 2.45) is 0 Å². The maximum atomic E-state index is 12.6. The summed E-state index contributed by atoms with van der Waals surface area (Å²) in [6.07, 6.45) is 1.91. The molecule has 0 aromatic carbocycles. The van der Waals surface area contributed by atoms with E-state index in [-0.39, 0.29) is 17.3 Å². The quantitative estimate of drug-likeness (QED) is 0.435. The third-order valence-corrected chi connectivity index (χ3v) is 5.61. The second kappa shape index (κ2) is 9.09. The molecule has 1 unspecified atom stereocenters. The number of anilines is 1. The zero-order valence-electron chi connectivity index (χ0n) is 15.4. The molecule has 2 aromatic heterocycles. The summed E-state index contributed by atoms with van der Waals surface area (Å²) >= 11 is 2.50. The minimum absolute atomic E-state index is 0.175. The Kier molecular flexibility index (Phi) is 7.10. The number of thiazole rings is 1. The molecule has 9 heteroatoms. The maximum absolute atomic E-state index is 12.6. The third-order valence-electron chi connectivity index (χ3n) is 3.26. The molecule has 0 fully saturated rings. The topological polar surface area (TPSA) is 94.1 Å². The van der Waals surface area contributed by atoms with Gasteiger partial charge in [0.2, 0.25) is 5.91 Å². The highest BCUT2D eigenvalue weighted by molar-refractivity contribution is 8.00. The number of nitrogens with one attached hydrogen (secondary N) is 1. The molecule has 1 amide bonds. The Balaban J connectivity index is 2.06. The number of rotatable bonds is 7.